The molecule has 0 atom stereocenters. The second-order valence-electron chi connectivity index (χ2n) is 4.42. The number of hydrogen-bond acceptors (Lipinski definition) is 3. The molecule has 6 heteroatoms. The number of rotatable bonds is 5. The zero-order valence-corrected chi connectivity index (χ0v) is 12.7. The predicted molar refractivity (Wildman–Crippen MR) is 83.1 cm³/mol. The van der Waals surface area contributed by atoms with Gasteiger partial charge >= 0.3 is 0 Å². The van der Waals surface area contributed by atoms with E-state index in [0.29, 0.717) is 17.6 Å². The molecule has 2 rings (SSSR count). The van der Waals surface area contributed by atoms with E-state index in [9.17, 15) is 9.59 Å². The number of aromatic amines is 1. The van der Waals surface area contributed by atoms with Crippen LogP contribution in [0.4, 0.5) is 0 Å². The van der Waals surface area contributed by atoms with E-state index in [4.69, 9.17) is 0 Å². The first kappa shape index (κ1) is 14.7. The SMILES string of the molecule is CNCCCNC(=O)c1cc(=O)[nH]c2c(Br)cccc12. The number of H-pyrrole nitrogens is 1. The van der Waals surface area contributed by atoms with E-state index in [0.717, 1.165) is 22.8 Å². The minimum absolute atomic E-state index is 0.227. The summed E-state index contributed by atoms with van der Waals surface area (Å²) in [5.41, 5.74) is 0.750. The molecule has 1 aromatic heterocycles. The molecule has 0 aliphatic carbocycles. The van der Waals surface area contributed by atoms with Gasteiger partial charge in [-0.1, -0.05) is 12.1 Å². The van der Waals surface area contributed by atoms with Crippen LogP contribution in [0.2, 0.25) is 0 Å². The minimum Gasteiger partial charge on any atom is -0.352 e. The number of benzene rings is 1. The van der Waals surface area contributed by atoms with E-state index in [1.165, 1.54) is 6.07 Å². The molecule has 5 nitrogen and oxygen atoms in total. The lowest BCUT2D eigenvalue weighted by Gasteiger charge is -2.08. The Morgan fingerprint density at radius 2 is 2.15 bits per heavy atom. The molecule has 0 spiro atoms. The number of pyridine rings is 1. The maximum absolute atomic E-state index is 12.2. The number of aromatic nitrogens is 1. The first-order chi connectivity index (χ1) is 9.63. The maximum atomic E-state index is 12.2. The van der Waals surface area contributed by atoms with Gasteiger partial charge in [-0.05, 0) is 42.0 Å². The normalized spacial score (nSPS) is 10.7. The molecule has 2 aromatic rings. The van der Waals surface area contributed by atoms with E-state index in [-0.39, 0.29) is 11.5 Å². The van der Waals surface area contributed by atoms with Gasteiger partial charge in [0.05, 0.1) is 11.1 Å². The van der Waals surface area contributed by atoms with E-state index in [1.54, 1.807) is 0 Å². The first-order valence-electron chi connectivity index (χ1n) is 6.38. The zero-order chi connectivity index (χ0) is 14.5. The first-order valence-corrected chi connectivity index (χ1v) is 7.17. The fourth-order valence-corrected chi connectivity index (χ4v) is 2.46. The van der Waals surface area contributed by atoms with Crippen molar-refractivity contribution in [2.75, 3.05) is 20.1 Å². The molecule has 1 heterocycles. The maximum Gasteiger partial charge on any atom is 0.252 e. The number of nitrogens with one attached hydrogen (secondary N) is 3. The van der Waals surface area contributed by atoms with Crippen LogP contribution < -0.4 is 16.2 Å². The predicted octanol–water partition coefficient (Wildman–Crippen LogP) is 1.63. The summed E-state index contributed by atoms with van der Waals surface area (Å²) in [6.45, 7) is 1.41. The van der Waals surface area contributed by atoms with Crippen LogP contribution >= 0.6 is 15.9 Å². The topological polar surface area (TPSA) is 74.0 Å². The van der Waals surface area contributed by atoms with Gasteiger partial charge in [0.1, 0.15) is 0 Å². The molecule has 3 N–H and O–H groups in total. The number of halogens is 1. The number of amides is 1. The summed E-state index contributed by atoms with van der Waals surface area (Å²) < 4.78 is 0.761. The van der Waals surface area contributed by atoms with Crippen LogP contribution in [0, 0.1) is 0 Å². The largest absolute Gasteiger partial charge is 0.352 e. The Morgan fingerprint density at radius 3 is 2.90 bits per heavy atom. The van der Waals surface area contributed by atoms with Crippen molar-refractivity contribution in [3.05, 3.63) is 44.7 Å². The Balaban J connectivity index is 2.31. The number of para-hydroxylation sites is 1. The van der Waals surface area contributed by atoms with Gasteiger partial charge in [-0.2, -0.15) is 0 Å². The second kappa shape index (κ2) is 6.67. The Morgan fingerprint density at radius 1 is 1.35 bits per heavy atom. The van der Waals surface area contributed by atoms with E-state index < -0.39 is 0 Å². The van der Waals surface area contributed by atoms with E-state index in [1.807, 2.05) is 25.2 Å². The monoisotopic (exact) mass is 337 g/mol. The minimum atomic E-state index is -0.287. The van der Waals surface area contributed by atoms with Crippen molar-refractivity contribution in [1.29, 1.82) is 0 Å². The molecular formula is C14H16BrN3O2. The highest BCUT2D eigenvalue weighted by atomic mass is 79.9. The Hall–Kier alpha value is -1.66. The van der Waals surface area contributed by atoms with Gasteiger partial charge in [0, 0.05) is 22.5 Å². The molecule has 106 valence electrons. The lowest BCUT2D eigenvalue weighted by Crippen LogP contribution is -2.27. The summed E-state index contributed by atoms with van der Waals surface area (Å²) in [4.78, 5) is 26.6. The summed E-state index contributed by atoms with van der Waals surface area (Å²) in [6.07, 6.45) is 0.840. The molecule has 20 heavy (non-hydrogen) atoms. The summed E-state index contributed by atoms with van der Waals surface area (Å²) in [7, 11) is 1.86. The highest BCUT2D eigenvalue weighted by molar-refractivity contribution is 9.10. The van der Waals surface area contributed by atoms with Crippen LogP contribution in [0.5, 0.6) is 0 Å². The number of carbonyl (C=O) groups excluding carboxylic acids is 1. The molecule has 0 bridgehead atoms. The van der Waals surface area contributed by atoms with Crippen LogP contribution in [0.15, 0.2) is 33.5 Å². The van der Waals surface area contributed by atoms with Crippen molar-refractivity contribution in [1.82, 2.24) is 15.6 Å². The zero-order valence-electron chi connectivity index (χ0n) is 11.1. The molecule has 0 saturated carbocycles. The average molecular weight is 338 g/mol. The third-order valence-corrected chi connectivity index (χ3v) is 3.62. The Labute approximate surface area is 124 Å². The number of hydrogen-bond donors (Lipinski definition) is 3. The third kappa shape index (κ3) is 3.26. The molecule has 0 saturated heterocycles. The highest BCUT2D eigenvalue weighted by Crippen LogP contribution is 2.23. The van der Waals surface area contributed by atoms with Gasteiger partial charge < -0.3 is 15.6 Å². The quantitative estimate of drug-likeness (QED) is 0.726. The summed E-state index contributed by atoms with van der Waals surface area (Å²) >= 11 is 3.38. The molecule has 0 radical (unpaired) electrons. The fourth-order valence-electron chi connectivity index (χ4n) is 1.99. The fraction of sp³-hybridized carbons (Fsp3) is 0.286. The lowest BCUT2D eigenvalue weighted by molar-refractivity contribution is 0.0955. The molecule has 1 aromatic carbocycles. The van der Waals surface area contributed by atoms with Crippen LogP contribution in [0.25, 0.3) is 10.9 Å². The average Bonchev–Trinajstić information content (AvgIpc) is 2.43. The second-order valence-corrected chi connectivity index (χ2v) is 5.28. The summed E-state index contributed by atoms with van der Waals surface area (Å²) in [5.74, 6) is -0.227. The standard InChI is InChI=1S/C14H16BrN3O2/c1-16-6-3-7-17-14(20)10-8-12(19)18-13-9(10)4-2-5-11(13)15/h2,4-5,8,16H,3,6-7H2,1H3,(H,17,20)(H,18,19). The van der Waals surface area contributed by atoms with Crippen molar-refractivity contribution in [3.8, 4) is 0 Å². The van der Waals surface area contributed by atoms with Crippen LogP contribution in [0.3, 0.4) is 0 Å². The molecular weight excluding hydrogens is 322 g/mol. The van der Waals surface area contributed by atoms with Crippen LogP contribution in [-0.2, 0) is 0 Å². The Kier molecular flexibility index (Phi) is 4.92. The van der Waals surface area contributed by atoms with Crippen molar-refractivity contribution < 1.29 is 4.79 Å². The van der Waals surface area contributed by atoms with E-state index in [2.05, 4.69) is 31.5 Å². The third-order valence-electron chi connectivity index (χ3n) is 2.96. The van der Waals surface area contributed by atoms with E-state index >= 15 is 0 Å². The van der Waals surface area contributed by atoms with Gasteiger partial charge in [-0.15, -0.1) is 0 Å². The van der Waals surface area contributed by atoms with Gasteiger partial charge in [-0.25, -0.2) is 0 Å². The Bertz CT molecular complexity index is 682. The number of fused-ring (bicyclic) bond motifs is 1. The summed E-state index contributed by atoms with van der Waals surface area (Å²) in [6, 6.07) is 6.82. The molecule has 0 aliphatic heterocycles. The van der Waals surface area contributed by atoms with Crippen molar-refractivity contribution in [2.45, 2.75) is 6.42 Å². The molecule has 0 fully saturated rings. The van der Waals surface area contributed by atoms with Gasteiger partial charge in [0.25, 0.3) is 5.91 Å². The lowest BCUT2D eigenvalue weighted by atomic mass is 10.1. The van der Waals surface area contributed by atoms with Gasteiger partial charge in [-0.3, -0.25) is 9.59 Å². The van der Waals surface area contributed by atoms with Gasteiger partial charge in [0.2, 0.25) is 5.56 Å². The highest BCUT2D eigenvalue weighted by Gasteiger charge is 2.12. The van der Waals surface area contributed by atoms with Crippen LogP contribution in [-0.4, -0.2) is 31.0 Å². The van der Waals surface area contributed by atoms with Crippen molar-refractivity contribution in [3.63, 3.8) is 0 Å². The molecule has 0 aliphatic rings. The molecule has 0 unspecified atom stereocenters. The van der Waals surface area contributed by atoms with Crippen molar-refractivity contribution in [2.24, 2.45) is 0 Å². The smallest absolute Gasteiger partial charge is 0.252 e. The summed E-state index contributed by atoms with van der Waals surface area (Å²) in [5, 5.41) is 6.57. The van der Waals surface area contributed by atoms with Crippen molar-refractivity contribution >= 4 is 32.7 Å². The van der Waals surface area contributed by atoms with Crippen LogP contribution in [0.1, 0.15) is 16.8 Å². The van der Waals surface area contributed by atoms with Gasteiger partial charge in [0.15, 0.2) is 0 Å². The molecule has 1 amide bonds. The number of carbonyl (C=O) groups is 1.